The molecule has 0 aromatic heterocycles. The molecule has 1 N–H and O–H groups in total. The van der Waals surface area contributed by atoms with E-state index in [4.69, 9.17) is 0 Å². The van der Waals surface area contributed by atoms with Crippen molar-refractivity contribution in [1.29, 1.82) is 0 Å². The van der Waals surface area contributed by atoms with Crippen LogP contribution in [0.15, 0.2) is 30.3 Å². The van der Waals surface area contributed by atoms with Crippen molar-refractivity contribution in [3.05, 3.63) is 35.9 Å². The third-order valence-electron chi connectivity index (χ3n) is 4.46. The second-order valence-corrected chi connectivity index (χ2v) is 5.38. The van der Waals surface area contributed by atoms with Gasteiger partial charge in [0.05, 0.1) is 0 Å². The number of nitrogens with one attached hydrogen (secondary N) is 1. The monoisotopic (exact) mass is 230 g/mol. The molecule has 0 radical (unpaired) electrons. The maximum Gasteiger partial charge on any atom is 0.0324 e. The molecule has 0 unspecified atom stereocenters. The predicted molar refractivity (Wildman–Crippen MR) is 71.0 cm³/mol. The van der Waals surface area contributed by atoms with E-state index < -0.39 is 0 Å². The van der Waals surface area contributed by atoms with E-state index >= 15 is 0 Å². The highest BCUT2D eigenvalue weighted by Gasteiger charge is 2.36. The molecule has 0 bridgehead atoms. The third-order valence-corrected chi connectivity index (χ3v) is 4.46. The van der Waals surface area contributed by atoms with Crippen molar-refractivity contribution in [2.24, 2.45) is 0 Å². The van der Waals surface area contributed by atoms with Gasteiger partial charge in [0, 0.05) is 31.2 Å². The van der Waals surface area contributed by atoms with Gasteiger partial charge in [-0.3, -0.25) is 4.90 Å². The van der Waals surface area contributed by atoms with E-state index in [1.165, 1.54) is 31.4 Å². The lowest BCUT2D eigenvalue weighted by Crippen LogP contribution is -2.55. The standard InChI is InChI=1S/C15H22N2/c1-12(13-6-3-2-4-7-13)17-11-10-16-14-8-5-9-15(14)17/h2-4,6-7,12,14-16H,5,8-11H2,1H3/t12-,14+,15-/m1/s1. The van der Waals surface area contributed by atoms with Crippen molar-refractivity contribution < 1.29 is 0 Å². The number of hydrogen-bond acceptors (Lipinski definition) is 2. The van der Waals surface area contributed by atoms with Gasteiger partial charge in [0.15, 0.2) is 0 Å². The van der Waals surface area contributed by atoms with Gasteiger partial charge in [0.25, 0.3) is 0 Å². The fourth-order valence-electron chi connectivity index (χ4n) is 3.52. The van der Waals surface area contributed by atoms with Gasteiger partial charge in [-0.25, -0.2) is 0 Å². The summed E-state index contributed by atoms with van der Waals surface area (Å²) in [6, 6.07) is 13.0. The lowest BCUT2D eigenvalue weighted by Gasteiger charge is -2.42. The first-order valence-corrected chi connectivity index (χ1v) is 6.90. The van der Waals surface area contributed by atoms with Gasteiger partial charge in [-0.15, -0.1) is 0 Å². The molecule has 3 atom stereocenters. The van der Waals surface area contributed by atoms with Crippen LogP contribution in [0.3, 0.4) is 0 Å². The van der Waals surface area contributed by atoms with Gasteiger partial charge in [0.2, 0.25) is 0 Å². The number of rotatable bonds is 2. The molecular formula is C15H22N2. The Morgan fingerprint density at radius 1 is 1.24 bits per heavy atom. The van der Waals surface area contributed by atoms with E-state index in [2.05, 4.69) is 47.5 Å². The second-order valence-electron chi connectivity index (χ2n) is 5.38. The van der Waals surface area contributed by atoms with Crippen LogP contribution < -0.4 is 5.32 Å². The Bertz CT molecular complexity index is 362. The summed E-state index contributed by atoms with van der Waals surface area (Å²) in [5.74, 6) is 0. The Labute approximate surface area is 104 Å². The van der Waals surface area contributed by atoms with Crippen LogP contribution in [0, 0.1) is 0 Å². The molecule has 2 heteroatoms. The Morgan fingerprint density at radius 2 is 2.06 bits per heavy atom. The molecule has 3 rings (SSSR count). The average molecular weight is 230 g/mol. The van der Waals surface area contributed by atoms with Crippen LogP contribution in [0.1, 0.15) is 37.8 Å². The van der Waals surface area contributed by atoms with E-state index in [-0.39, 0.29) is 0 Å². The molecule has 1 aliphatic heterocycles. The summed E-state index contributed by atoms with van der Waals surface area (Å²) in [4.78, 5) is 2.71. The summed E-state index contributed by atoms with van der Waals surface area (Å²) < 4.78 is 0. The first kappa shape index (κ1) is 11.2. The van der Waals surface area contributed by atoms with E-state index in [1.807, 2.05) is 0 Å². The number of hydrogen-bond donors (Lipinski definition) is 1. The zero-order valence-corrected chi connectivity index (χ0v) is 10.6. The van der Waals surface area contributed by atoms with Crippen molar-refractivity contribution in [1.82, 2.24) is 10.2 Å². The average Bonchev–Trinajstić information content (AvgIpc) is 2.87. The van der Waals surface area contributed by atoms with Crippen LogP contribution in [0.25, 0.3) is 0 Å². The summed E-state index contributed by atoms with van der Waals surface area (Å²) >= 11 is 0. The van der Waals surface area contributed by atoms with E-state index in [0.29, 0.717) is 6.04 Å². The summed E-state index contributed by atoms with van der Waals surface area (Å²) in [6.45, 7) is 4.70. The molecule has 1 heterocycles. The second kappa shape index (κ2) is 4.79. The van der Waals surface area contributed by atoms with E-state index in [1.54, 1.807) is 0 Å². The fourth-order valence-corrected chi connectivity index (χ4v) is 3.52. The Kier molecular flexibility index (Phi) is 3.17. The molecule has 2 aliphatic rings. The lowest BCUT2D eigenvalue weighted by molar-refractivity contribution is 0.0951. The summed E-state index contributed by atoms with van der Waals surface area (Å²) in [5.41, 5.74) is 1.46. The van der Waals surface area contributed by atoms with Crippen LogP contribution >= 0.6 is 0 Å². The highest BCUT2D eigenvalue weighted by atomic mass is 15.3. The van der Waals surface area contributed by atoms with Gasteiger partial charge >= 0.3 is 0 Å². The SMILES string of the molecule is C[C@H](c1ccccc1)N1CCN[C@H]2CCC[C@H]21. The van der Waals surface area contributed by atoms with Crippen LogP contribution in [-0.4, -0.2) is 30.1 Å². The van der Waals surface area contributed by atoms with Crippen LogP contribution in [-0.2, 0) is 0 Å². The molecule has 17 heavy (non-hydrogen) atoms. The normalized spacial score (nSPS) is 31.1. The number of fused-ring (bicyclic) bond motifs is 1. The minimum absolute atomic E-state index is 0.559. The molecule has 1 saturated heterocycles. The van der Waals surface area contributed by atoms with Crippen LogP contribution in [0.2, 0.25) is 0 Å². The van der Waals surface area contributed by atoms with Crippen molar-refractivity contribution in [2.75, 3.05) is 13.1 Å². The van der Waals surface area contributed by atoms with Gasteiger partial charge in [0.1, 0.15) is 0 Å². The summed E-state index contributed by atoms with van der Waals surface area (Å²) in [6.07, 6.45) is 4.12. The molecule has 1 aromatic carbocycles. The van der Waals surface area contributed by atoms with Crippen LogP contribution in [0.5, 0.6) is 0 Å². The molecule has 1 aliphatic carbocycles. The van der Waals surface area contributed by atoms with E-state index in [0.717, 1.165) is 18.6 Å². The van der Waals surface area contributed by atoms with Crippen LogP contribution in [0.4, 0.5) is 0 Å². The minimum atomic E-state index is 0.559. The molecule has 0 spiro atoms. The molecular weight excluding hydrogens is 208 g/mol. The Balaban J connectivity index is 1.79. The molecule has 1 aromatic rings. The highest BCUT2D eigenvalue weighted by molar-refractivity contribution is 5.19. The van der Waals surface area contributed by atoms with Gasteiger partial charge in [-0.1, -0.05) is 36.8 Å². The highest BCUT2D eigenvalue weighted by Crippen LogP contribution is 2.32. The molecule has 0 amide bonds. The molecule has 2 nitrogen and oxygen atoms in total. The number of nitrogens with zero attached hydrogens (tertiary/aromatic N) is 1. The van der Waals surface area contributed by atoms with Gasteiger partial charge < -0.3 is 5.32 Å². The number of benzene rings is 1. The topological polar surface area (TPSA) is 15.3 Å². The predicted octanol–water partition coefficient (Wildman–Crippen LogP) is 2.57. The van der Waals surface area contributed by atoms with Gasteiger partial charge in [-0.2, -0.15) is 0 Å². The van der Waals surface area contributed by atoms with Gasteiger partial charge in [-0.05, 0) is 25.3 Å². The van der Waals surface area contributed by atoms with Crippen molar-refractivity contribution in [3.8, 4) is 0 Å². The van der Waals surface area contributed by atoms with Crippen molar-refractivity contribution in [2.45, 2.75) is 44.3 Å². The maximum atomic E-state index is 3.68. The third kappa shape index (κ3) is 2.12. The smallest absolute Gasteiger partial charge is 0.0324 e. The molecule has 92 valence electrons. The Hall–Kier alpha value is -0.860. The summed E-state index contributed by atoms with van der Waals surface area (Å²) in [7, 11) is 0. The molecule has 2 fully saturated rings. The summed E-state index contributed by atoms with van der Waals surface area (Å²) in [5, 5.41) is 3.68. The van der Waals surface area contributed by atoms with E-state index in [9.17, 15) is 0 Å². The minimum Gasteiger partial charge on any atom is -0.311 e. The quantitative estimate of drug-likeness (QED) is 0.840. The first-order chi connectivity index (χ1) is 8.36. The van der Waals surface area contributed by atoms with Crippen molar-refractivity contribution in [3.63, 3.8) is 0 Å². The zero-order chi connectivity index (χ0) is 11.7. The van der Waals surface area contributed by atoms with Crippen molar-refractivity contribution >= 4 is 0 Å². The Morgan fingerprint density at radius 3 is 2.88 bits per heavy atom. The largest absolute Gasteiger partial charge is 0.311 e. The lowest BCUT2D eigenvalue weighted by atomic mass is 10.0. The zero-order valence-electron chi connectivity index (χ0n) is 10.6. The number of piperazine rings is 1. The first-order valence-electron chi connectivity index (χ1n) is 6.90. The fraction of sp³-hybridized carbons (Fsp3) is 0.600. The maximum absolute atomic E-state index is 3.68. The molecule has 1 saturated carbocycles.